The van der Waals surface area contributed by atoms with Gasteiger partial charge in [0.1, 0.15) is 6.61 Å². The molecular formula is C51H92O5. The lowest BCUT2D eigenvalue weighted by molar-refractivity contribution is -0.161. The van der Waals surface area contributed by atoms with E-state index in [9.17, 15) is 14.7 Å². The first-order valence-electron chi connectivity index (χ1n) is 24.2. The molecule has 0 heterocycles. The molecule has 0 aliphatic rings. The van der Waals surface area contributed by atoms with E-state index in [0.717, 1.165) is 57.8 Å². The SMILES string of the molecule is CCCCC/C=C\C/C=C\CCCCCCCCCC(=O)OCC(CO)OC(=O)CCCCCCCCCCCCCCC/C=C\C/C=C\CCCCCCC. The third-order valence-electron chi connectivity index (χ3n) is 10.6. The zero-order valence-electron chi connectivity index (χ0n) is 37.1. The van der Waals surface area contributed by atoms with E-state index >= 15 is 0 Å². The maximum Gasteiger partial charge on any atom is 0.306 e. The van der Waals surface area contributed by atoms with Gasteiger partial charge < -0.3 is 14.6 Å². The Morgan fingerprint density at radius 2 is 0.714 bits per heavy atom. The minimum atomic E-state index is -0.775. The predicted octanol–water partition coefficient (Wildman–Crippen LogP) is 15.7. The zero-order chi connectivity index (χ0) is 40.7. The van der Waals surface area contributed by atoms with Crippen molar-refractivity contribution in [3.05, 3.63) is 48.6 Å². The molecule has 0 aliphatic heterocycles. The van der Waals surface area contributed by atoms with Gasteiger partial charge in [0.2, 0.25) is 0 Å². The standard InChI is InChI=1S/C51H92O5/c1-3-5-7-9-11-13-15-17-19-21-22-23-24-25-26-27-28-30-32-34-36-38-40-42-44-46-51(54)56-49(47-52)48-55-50(53)45-43-41-39-37-35-33-31-29-20-18-16-14-12-10-8-6-4-2/h12,14-15,17-18,20-22,49,52H,3-11,13,16,19,23-48H2,1-2H3/b14-12-,17-15-,20-18-,22-21-. The fourth-order valence-electron chi connectivity index (χ4n) is 6.91. The van der Waals surface area contributed by atoms with Crippen LogP contribution in [0.5, 0.6) is 0 Å². The molecule has 0 aromatic rings. The molecule has 5 nitrogen and oxygen atoms in total. The van der Waals surface area contributed by atoms with Crippen LogP contribution in [0.25, 0.3) is 0 Å². The summed E-state index contributed by atoms with van der Waals surface area (Å²) in [5, 5.41) is 9.61. The Labute approximate surface area is 348 Å². The van der Waals surface area contributed by atoms with Crippen molar-refractivity contribution >= 4 is 11.9 Å². The van der Waals surface area contributed by atoms with Crippen LogP contribution in [-0.4, -0.2) is 36.4 Å². The smallest absolute Gasteiger partial charge is 0.306 e. The van der Waals surface area contributed by atoms with Gasteiger partial charge in [-0.1, -0.05) is 204 Å². The van der Waals surface area contributed by atoms with E-state index in [1.54, 1.807) is 0 Å². The van der Waals surface area contributed by atoms with Gasteiger partial charge >= 0.3 is 11.9 Å². The number of aliphatic hydroxyl groups excluding tert-OH is 1. The quantitative estimate of drug-likeness (QED) is 0.0378. The van der Waals surface area contributed by atoms with E-state index in [4.69, 9.17) is 9.47 Å². The van der Waals surface area contributed by atoms with E-state index in [0.29, 0.717) is 12.8 Å². The number of carbonyl (C=O) groups is 2. The molecule has 0 radical (unpaired) electrons. The second-order valence-electron chi connectivity index (χ2n) is 16.2. The molecule has 1 N–H and O–H groups in total. The number of allylic oxidation sites excluding steroid dienone is 8. The molecule has 0 saturated heterocycles. The summed E-state index contributed by atoms with van der Waals surface area (Å²) in [5.74, 6) is -0.595. The molecule has 1 unspecified atom stereocenters. The maximum atomic E-state index is 12.2. The van der Waals surface area contributed by atoms with E-state index in [-0.39, 0.29) is 25.2 Å². The van der Waals surface area contributed by atoms with Crippen LogP contribution in [0, 0.1) is 0 Å². The Morgan fingerprint density at radius 1 is 0.411 bits per heavy atom. The van der Waals surface area contributed by atoms with Crippen LogP contribution in [0.15, 0.2) is 48.6 Å². The predicted molar refractivity (Wildman–Crippen MR) is 242 cm³/mol. The van der Waals surface area contributed by atoms with Gasteiger partial charge in [-0.05, 0) is 77.0 Å². The molecule has 0 spiro atoms. The lowest BCUT2D eigenvalue weighted by atomic mass is 10.0. The van der Waals surface area contributed by atoms with Gasteiger partial charge in [0.25, 0.3) is 0 Å². The highest BCUT2D eigenvalue weighted by Gasteiger charge is 2.16. The van der Waals surface area contributed by atoms with Crippen molar-refractivity contribution in [3.63, 3.8) is 0 Å². The molecule has 0 saturated carbocycles. The fraction of sp³-hybridized carbons (Fsp3) is 0.804. The van der Waals surface area contributed by atoms with Gasteiger partial charge in [-0.25, -0.2) is 0 Å². The first kappa shape index (κ1) is 53.9. The zero-order valence-corrected chi connectivity index (χ0v) is 37.1. The lowest BCUT2D eigenvalue weighted by Crippen LogP contribution is -2.28. The van der Waals surface area contributed by atoms with E-state index < -0.39 is 6.10 Å². The van der Waals surface area contributed by atoms with Crippen LogP contribution < -0.4 is 0 Å². The number of ether oxygens (including phenoxy) is 2. The Balaban J connectivity index is 3.50. The molecule has 1 atom stereocenters. The molecule has 0 aliphatic carbocycles. The number of rotatable bonds is 44. The summed E-state index contributed by atoms with van der Waals surface area (Å²) in [5.41, 5.74) is 0. The molecule has 0 aromatic carbocycles. The van der Waals surface area contributed by atoms with Gasteiger partial charge in [0.15, 0.2) is 6.10 Å². The Hall–Kier alpha value is -2.14. The van der Waals surface area contributed by atoms with Crippen LogP contribution in [0.4, 0.5) is 0 Å². The maximum absolute atomic E-state index is 12.2. The topological polar surface area (TPSA) is 72.8 Å². The Morgan fingerprint density at radius 3 is 1.09 bits per heavy atom. The third-order valence-corrected chi connectivity index (χ3v) is 10.6. The minimum Gasteiger partial charge on any atom is -0.462 e. The first-order valence-corrected chi connectivity index (χ1v) is 24.2. The van der Waals surface area contributed by atoms with Crippen molar-refractivity contribution in [2.75, 3.05) is 13.2 Å². The van der Waals surface area contributed by atoms with Crippen molar-refractivity contribution in [2.45, 2.75) is 251 Å². The second kappa shape index (κ2) is 47.2. The van der Waals surface area contributed by atoms with Crippen molar-refractivity contribution in [1.29, 1.82) is 0 Å². The van der Waals surface area contributed by atoms with Crippen molar-refractivity contribution < 1.29 is 24.2 Å². The number of hydrogen-bond donors (Lipinski definition) is 1. The summed E-state index contributed by atoms with van der Waals surface area (Å²) in [6, 6.07) is 0. The van der Waals surface area contributed by atoms with Gasteiger partial charge in [0, 0.05) is 12.8 Å². The van der Waals surface area contributed by atoms with Gasteiger partial charge in [-0.2, -0.15) is 0 Å². The normalized spacial score (nSPS) is 12.6. The molecule has 0 rings (SSSR count). The fourth-order valence-corrected chi connectivity index (χ4v) is 6.91. The average Bonchev–Trinajstić information content (AvgIpc) is 3.20. The van der Waals surface area contributed by atoms with Crippen LogP contribution in [0.1, 0.15) is 245 Å². The monoisotopic (exact) mass is 785 g/mol. The van der Waals surface area contributed by atoms with Crippen LogP contribution in [0.3, 0.4) is 0 Å². The van der Waals surface area contributed by atoms with Crippen LogP contribution in [0.2, 0.25) is 0 Å². The van der Waals surface area contributed by atoms with Gasteiger partial charge in [-0.15, -0.1) is 0 Å². The summed E-state index contributed by atoms with van der Waals surface area (Å²) >= 11 is 0. The Kier molecular flexibility index (Phi) is 45.4. The first-order chi connectivity index (χ1) is 27.6. The molecular weight excluding hydrogens is 693 g/mol. The summed E-state index contributed by atoms with van der Waals surface area (Å²) in [6.07, 6.45) is 60.5. The number of carbonyl (C=O) groups excluding carboxylic acids is 2. The van der Waals surface area contributed by atoms with Crippen molar-refractivity contribution in [3.8, 4) is 0 Å². The molecule has 326 valence electrons. The number of aliphatic hydroxyl groups is 1. The lowest BCUT2D eigenvalue weighted by Gasteiger charge is -2.15. The van der Waals surface area contributed by atoms with Gasteiger partial charge in [-0.3, -0.25) is 9.59 Å². The van der Waals surface area contributed by atoms with Crippen LogP contribution in [-0.2, 0) is 19.1 Å². The Bertz CT molecular complexity index is 935. The van der Waals surface area contributed by atoms with Crippen LogP contribution >= 0.6 is 0 Å². The largest absolute Gasteiger partial charge is 0.462 e. The molecule has 0 aromatic heterocycles. The molecule has 5 heteroatoms. The summed E-state index contributed by atoms with van der Waals surface area (Å²) < 4.78 is 10.7. The summed E-state index contributed by atoms with van der Waals surface area (Å²) in [6.45, 7) is 4.11. The summed E-state index contributed by atoms with van der Waals surface area (Å²) in [7, 11) is 0. The van der Waals surface area contributed by atoms with Crippen molar-refractivity contribution in [1.82, 2.24) is 0 Å². The third kappa shape index (κ3) is 44.6. The van der Waals surface area contributed by atoms with E-state index in [1.807, 2.05) is 0 Å². The highest BCUT2D eigenvalue weighted by Crippen LogP contribution is 2.15. The molecule has 0 amide bonds. The number of esters is 2. The van der Waals surface area contributed by atoms with E-state index in [2.05, 4.69) is 62.5 Å². The summed E-state index contributed by atoms with van der Waals surface area (Å²) in [4.78, 5) is 24.4. The molecule has 0 fully saturated rings. The molecule has 56 heavy (non-hydrogen) atoms. The highest BCUT2D eigenvalue weighted by molar-refractivity contribution is 5.70. The molecule has 0 bridgehead atoms. The van der Waals surface area contributed by atoms with Crippen molar-refractivity contribution in [2.24, 2.45) is 0 Å². The highest BCUT2D eigenvalue weighted by atomic mass is 16.6. The minimum absolute atomic E-state index is 0.0694. The number of hydrogen-bond acceptors (Lipinski definition) is 5. The second-order valence-corrected chi connectivity index (χ2v) is 16.2. The van der Waals surface area contributed by atoms with E-state index in [1.165, 1.54) is 161 Å². The van der Waals surface area contributed by atoms with Gasteiger partial charge in [0.05, 0.1) is 6.61 Å². The number of unbranched alkanes of at least 4 members (excludes halogenated alkanes) is 28. The average molecular weight is 785 g/mol.